The molecular weight excluding hydrogens is 358 g/mol. The van der Waals surface area contributed by atoms with Crippen LogP contribution in [0.15, 0.2) is 18.3 Å². The Labute approximate surface area is 173 Å². The van der Waals surface area contributed by atoms with Gasteiger partial charge in [-0.25, -0.2) is 15.0 Å². The maximum atomic E-state index is 5.06. The van der Waals surface area contributed by atoms with Crippen LogP contribution >= 0.6 is 0 Å². The van der Waals surface area contributed by atoms with Crippen LogP contribution in [0, 0.1) is 5.92 Å². The van der Waals surface area contributed by atoms with Crippen molar-refractivity contribution in [3.05, 3.63) is 40.6 Å². The highest BCUT2D eigenvalue weighted by Gasteiger charge is 2.34. The van der Waals surface area contributed by atoms with Crippen molar-refractivity contribution in [3.8, 4) is 11.3 Å². The third-order valence-corrected chi connectivity index (χ3v) is 7.44. The molecule has 5 nitrogen and oxygen atoms in total. The first-order valence-corrected chi connectivity index (χ1v) is 11.6. The molecular formula is C24H31N5. The summed E-state index contributed by atoms with van der Waals surface area (Å²) >= 11 is 0. The fourth-order valence-electron chi connectivity index (χ4n) is 5.89. The van der Waals surface area contributed by atoms with E-state index in [4.69, 9.17) is 9.97 Å². The minimum Gasteiger partial charge on any atom is -0.312 e. The highest BCUT2D eigenvalue weighted by Crippen LogP contribution is 2.36. The van der Waals surface area contributed by atoms with E-state index in [-0.39, 0.29) is 0 Å². The van der Waals surface area contributed by atoms with Crippen LogP contribution in [0.4, 0.5) is 5.95 Å². The fraction of sp³-hybridized carbons (Fsp3) is 0.583. The first-order valence-electron chi connectivity index (χ1n) is 11.6. The van der Waals surface area contributed by atoms with Crippen LogP contribution in [0.25, 0.3) is 11.3 Å². The standard InChI is InChI=1S/C24H31N5/c1-2-6-17-12-21-18(11-16(17)5-1)7-3-8-19-13-26-24(27-23(19)21)28-29-14-20-9-4-10-25-22(20)15-29/h11-13,20,22,25H,1-10,14-15H2,(H,26,27,28). The van der Waals surface area contributed by atoms with E-state index in [0.717, 1.165) is 50.0 Å². The summed E-state index contributed by atoms with van der Waals surface area (Å²) in [5, 5.41) is 5.99. The van der Waals surface area contributed by atoms with E-state index in [0.29, 0.717) is 6.04 Å². The molecule has 0 radical (unpaired) electrons. The van der Waals surface area contributed by atoms with Crippen molar-refractivity contribution in [3.63, 3.8) is 0 Å². The lowest BCUT2D eigenvalue weighted by molar-refractivity contribution is 0.337. The second kappa shape index (κ2) is 7.37. The number of aromatic nitrogens is 2. The number of nitrogens with one attached hydrogen (secondary N) is 2. The number of piperidine rings is 1. The molecule has 4 aliphatic rings. The molecule has 2 atom stereocenters. The number of hydrogen-bond donors (Lipinski definition) is 2. The SMILES string of the molecule is c1c2c(cc3c1CCCc1cnc(NN4CC5CCCNC5C4)nc1-3)CCCC2. The molecule has 0 bridgehead atoms. The van der Waals surface area contributed by atoms with Crippen LogP contribution in [0.1, 0.15) is 54.4 Å². The second-order valence-electron chi connectivity index (χ2n) is 9.39. The molecule has 2 saturated heterocycles. The number of nitrogens with zero attached hydrogens (tertiary/aromatic N) is 3. The average Bonchev–Trinajstić information content (AvgIpc) is 3.08. The molecule has 2 unspecified atom stereocenters. The Morgan fingerprint density at radius 3 is 2.62 bits per heavy atom. The van der Waals surface area contributed by atoms with Gasteiger partial charge in [0, 0.05) is 30.9 Å². The van der Waals surface area contributed by atoms with Gasteiger partial charge >= 0.3 is 0 Å². The van der Waals surface area contributed by atoms with Crippen molar-refractivity contribution in [1.29, 1.82) is 0 Å². The molecule has 2 aromatic rings. The van der Waals surface area contributed by atoms with Gasteiger partial charge in [-0.3, -0.25) is 5.43 Å². The van der Waals surface area contributed by atoms with Crippen molar-refractivity contribution < 1.29 is 0 Å². The molecule has 29 heavy (non-hydrogen) atoms. The number of anilines is 1. The minimum absolute atomic E-state index is 0.615. The quantitative estimate of drug-likeness (QED) is 0.823. The Morgan fingerprint density at radius 2 is 1.72 bits per heavy atom. The van der Waals surface area contributed by atoms with Crippen molar-refractivity contribution in [2.24, 2.45) is 5.92 Å². The monoisotopic (exact) mass is 389 g/mol. The average molecular weight is 390 g/mol. The molecule has 1 aromatic heterocycles. The van der Waals surface area contributed by atoms with Crippen LogP contribution in [0.2, 0.25) is 0 Å². The van der Waals surface area contributed by atoms with Crippen LogP contribution in [-0.2, 0) is 25.7 Å². The highest BCUT2D eigenvalue weighted by molar-refractivity contribution is 5.70. The molecule has 2 aliphatic carbocycles. The largest absolute Gasteiger partial charge is 0.312 e. The predicted octanol–water partition coefficient (Wildman–Crippen LogP) is 3.52. The third-order valence-electron chi connectivity index (χ3n) is 7.44. The Kier molecular flexibility index (Phi) is 4.53. The van der Waals surface area contributed by atoms with Crippen molar-refractivity contribution in [2.75, 3.05) is 25.1 Å². The van der Waals surface area contributed by atoms with Gasteiger partial charge in [0.2, 0.25) is 5.95 Å². The molecule has 1 aromatic carbocycles. The van der Waals surface area contributed by atoms with E-state index in [1.54, 1.807) is 11.1 Å². The number of fused-ring (bicyclic) bond motifs is 5. The predicted molar refractivity (Wildman–Crippen MR) is 116 cm³/mol. The van der Waals surface area contributed by atoms with Gasteiger partial charge in [-0.15, -0.1) is 0 Å². The molecule has 3 heterocycles. The Morgan fingerprint density at radius 1 is 0.897 bits per heavy atom. The van der Waals surface area contributed by atoms with Crippen LogP contribution in [0.3, 0.4) is 0 Å². The van der Waals surface area contributed by atoms with Crippen molar-refractivity contribution in [1.82, 2.24) is 20.3 Å². The molecule has 0 spiro atoms. The van der Waals surface area contributed by atoms with Crippen molar-refractivity contribution >= 4 is 5.95 Å². The van der Waals surface area contributed by atoms with Gasteiger partial charge in [-0.2, -0.15) is 0 Å². The topological polar surface area (TPSA) is 53.1 Å². The minimum atomic E-state index is 0.615. The summed E-state index contributed by atoms with van der Waals surface area (Å²) in [4.78, 5) is 9.75. The normalized spacial score (nSPS) is 26.1. The number of rotatable bonds is 2. The van der Waals surface area contributed by atoms with Gasteiger partial charge in [0.05, 0.1) is 5.69 Å². The zero-order valence-electron chi connectivity index (χ0n) is 17.2. The van der Waals surface area contributed by atoms with Gasteiger partial charge in [0.15, 0.2) is 0 Å². The summed E-state index contributed by atoms with van der Waals surface area (Å²) in [5.41, 5.74) is 12.0. The van der Waals surface area contributed by atoms with Gasteiger partial charge < -0.3 is 5.32 Å². The van der Waals surface area contributed by atoms with E-state index in [2.05, 4.69) is 34.1 Å². The summed E-state index contributed by atoms with van der Waals surface area (Å²) < 4.78 is 0. The summed E-state index contributed by atoms with van der Waals surface area (Å²) in [7, 11) is 0. The molecule has 0 saturated carbocycles. The molecule has 0 amide bonds. The molecule has 6 rings (SSSR count). The summed E-state index contributed by atoms with van der Waals surface area (Å²) in [6, 6.07) is 5.56. The van der Waals surface area contributed by atoms with E-state index in [1.807, 2.05) is 0 Å². The van der Waals surface area contributed by atoms with E-state index in [1.165, 1.54) is 61.6 Å². The van der Waals surface area contributed by atoms with Gasteiger partial charge in [0.25, 0.3) is 0 Å². The highest BCUT2D eigenvalue weighted by atomic mass is 15.6. The number of hydrogen-bond acceptors (Lipinski definition) is 5. The zero-order chi connectivity index (χ0) is 19.2. The van der Waals surface area contributed by atoms with Crippen LogP contribution in [0.5, 0.6) is 0 Å². The van der Waals surface area contributed by atoms with Crippen LogP contribution < -0.4 is 10.7 Å². The zero-order valence-corrected chi connectivity index (χ0v) is 17.2. The summed E-state index contributed by atoms with van der Waals surface area (Å²) in [5.74, 6) is 1.51. The molecule has 2 N–H and O–H groups in total. The Bertz CT molecular complexity index is 910. The lowest BCUT2D eigenvalue weighted by Crippen LogP contribution is -2.41. The maximum absolute atomic E-state index is 5.06. The smallest absolute Gasteiger partial charge is 0.238 e. The Balaban J connectivity index is 1.31. The lowest BCUT2D eigenvalue weighted by Gasteiger charge is -2.24. The summed E-state index contributed by atoms with van der Waals surface area (Å²) in [6.45, 7) is 3.28. The number of benzene rings is 1. The molecule has 152 valence electrons. The van der Waals surface area contributed by atoms with Gasteiger partial charge in [0.1, 0.15) is 0 Å². The van der Waals surface area contributed by atoms with Gasteiger partial charge in [-0.05, 0) is 98.6 Å². The first-order chi connectivity index (χ1) is 14.3. The van der Waals surface area contributed by atoms with E-state index < -0.39 is 0 Å². The first kappa shape index (κ1) is 17.8. The Hall–Kier alpha value is -1.98. The third kappa shape index (κ3) is 3.34. The van der Waals surface area contributed by atoms with Crippen LogP contribution in [-0.4, -0.2) is 40.7 Å². The van der Waals surface area contributed by atoms with E-state index >= 15 is 0 Å². The molecule has 5 heteroatoms. The molecule has 2 aliphatic heterocycles. The summed E-state index contributed by atoms with van der Waals surface area (Å²) in [6.07, 6.45) is 13.2. The van der Waals surface area contributed by atoms with Gasteiger partial charge in [-0.1, -0.05) is 6.07 Å². The van der Waals surface area contributed by atoms with E-state index in [9.17, 15) is 0 Å². The second-order valence-corrected chi connectivity index (χ2v) is 9.39. The lowest BCUT2D eigenvalue weighted by atomic mass is 9.87. The fourth-order valence-corrected chi connectivity index (χ4v) is 5.89. The van der Waals surface area contributed by atoms with Crippen molar-refractivity contribution in [2.45, 2.75) is 63.8 Å². The molecule has 2 fully saturated rings. The number of aryl methyl sites for hydroxylation is 4. The number of hydrazine groups is 1. The maximum Gasteiger partial charge on any atom is 0.238 e.